The van der Waals surface area contributed by atoms with E-state index in [1.54, 1.807) is 0 Å². The molecule has 0 aromatic heterocycles. The largest absolute Gasteiger partial charge is 0.467 e. The van der Waals surface area contributed by atoms with Gasteiger partial charge in [0.2, 0.25) is 0 Å². The SMILES string of the molecule is COC(=O)[C@@H](COC(C)(C)C)NC(=O)OCC(C)C. The topological polar surface area (TPSA) is 73.9 Å². The summed E-state index contributed by atoms with van der Waals surface area (Å²) in [5, 5.41) is 2.43. The molecule has 0 aliphatic rings. The average Bonchev–Trinajstić information content (AvgIpc) is 2.29. The van der Waals surface area contributed by atoms with E-state index in [0.717, 1.165) is 0 Å². The molecule has 1 atom stereocenters. The van der Waals surface area contributed by atoms with Gasteiger partial charge in [-0.15, -0.1) is 0 Å². The van der Waals surface area contributed by atoms with Crippen molar-refractivity contribution >= 4 is 12.1 Å². The highest BCUT2D eigenvalue weighted by molar-refractivity contribution is 5.81. The Morgan fingerprint density at radius 3 is 2.16 bits per heavy atom. The molecule has 6 nitrogen and oxygen atoms in total. The van der Waals surface area contributed by atoms with Crippen molar-refractivity contribution in [1.82, 2.24) is 5.32 Å². The molecule has 0 unspecified atom stereocenters. The predicted molar refractivity (Wildman–Crippen MR) is 70.8 cm³/mol. The Bertz CT molecular complexity index is 296. The van der Waals surface area contributed by atoms with Gasteiger partial charge >= 0.3 is 12.1 Å². The summed E-state index contributed by atoms with van der Waals surface area (Å²) in [4.78, 5) is 23.0. The van der Waals surface area contributed by atoms with Crippen LogP contribution >= 0.6 is 0 Å². The molecule has 0 rings (SSSR count). The second-order valence-corrected chi connectivity index (χ2v) is 5.64. The van der Waals surface area contributed by atoms with Crippen LogP contribution in [0.25, 0.3) is 0 Å². The van der Waals surface area contributed by atoms with Crippen molar-refractivity contribution in [2.24, 2.45) is 5.92 Å². The number of methoxy groups -OCH3 is 1. The Balaban J connectivity index is 4.35. The normalized spacial score (nSPS) is 13.0. The summed E-state index contributed by atoms with van der Waals surface area (Å²) in [6, 6.07) is -0.871. The molecule has 0 saturated carbocycles. The molecule has 0 aliphatic heterocycles. The number of carbonyl (C=O) groups is 2. The smallest absolute Gasteiger partial charge is 0.407 e. The summed E-state index contributed by atoms with van der Waals surface area (Å²) in [5.41, 5.74) is -0.407. The first-order valence-corrected chi connectivity index (χ1v) is 6.30. The van der Waals surface area contributed by atoms with Crippen LogP contribution in [0.3, 0.4) is 0 Å². The highest BCUT2D eigenvalue weighted by Gasteiger charge is 2.25. The van der Waals surface area contributed by atoms with E-state index in [2.05, 4.69) is 10.1 Å². The minimum atomic E-state index is -0.871. The van der Waals surface area contributed by atoms with Gasteiger partial charge < -0.3 is 19.5 Å². The monoisotopic (exact) mass is 275 g/mol. The van der Waals surface area contributed by atoms with Gasteiger partial charge in [0.15, 0.2) is 6.04 Å². The summed E-state index contributed by atoms with van der Waals surface area (Å²) in [6.45, 7) is 9.75. The predicted octanol–water partition coefficient (Wildman–Crippen LogP) is 1.73. The first-order chi connectivity index (χ1) is 8.65. The van der Waals surface area contributed by atoms with E-state index in [-0.39, 0.29) is 12.5 Å². The second kappa shape index (κ2) is 7.99. The number of rotatable bonds is 6. The lowest BCUT2D eigenvalue weighted by Gasteiger charge is -2.23. The third kappa shape index (κ3) is 9.30. The molecule has 0 bridgehead atoms. The fourth-order valence-corrected chi connectivity index (χ4v) is 1.07. The van der Waals surface area contributed by atoms with Gasteiger partial charge in [0.1, 0.15) is 0 Å². The highest BCUT2D eigenvalue weighted by Crippen LogP contribution is 2.07. The zero-order chi connectivity index (χ0) is 15.1. The molecule has 0 radical (unpaired) electrons. The van der Waals surface area contributed by atoms with Gasteiger partial charge in [-0.25, -0.2) is 9.59 Å². The molecule has 0 spiro atoms. The van der Waals surface area contributed by atoms with E-state index in [0.29, 0.717) is 6.61 Å². The van der Waals surface area contributed by atoms with Gasteiger partial charge in [-0.2, -0.15) is 0 Å². The van der Waals surface area contributed by atoms with Crippen molar-refractivity contribution < 1.29 is 23.8 Å². The van der Waals surface area contributed by atoms with Gasteiger partial charge in [0, 0.05) is 0 Å². The third-order valence-corrected chi connectivity index (χ3v) is 2.01. The van der Waals surface area contributed by atoms with E-state index >= 15 is 0 Å². The van der Waals surface area contributed by atoms with Crippen molar-refractivity contribution in [2.45, 2.75) is 46.3 Å². The van der Waals surface area contributed by atoms with Crippen molar-refractivity contribution in [3.8, 4) is 0 Å². The van der Waals surface area contributed by atoms with Crippen LogP contribution in [-0.4, -0.2) is 44.0 Å². The van der Waals surface area contributed by atoms with Gasteiger partial charge in [-0.05, 0) is 26.7 Å². The molecular formula is C13H25NO5. The maximum absolute atomic E-state index is 11.5. The quantitative estimate of drug-likeness (QED) is 0.747. The maximum Gasteiger partial charge on any atom is 0.407 e. The summed E-state index contributed by atoms with van der Waals surface area (Å²) in [7, 11) is 1.26. The minimum absolute atomic E-state index is 0.0347. The molecule has 1 N–H and O–H groups in total. The minimum Gasteiger partial charge on any atom is -0.467 e. The number of nitrogens with one attached hydrogen (secondary N) is 1. The Hall–Kier alpha value is -1.30. The van der Waals surface area contributed by atoms with E-state index in [9.17, 15) is 9.59 Å². The van der Waals surface area contributed by atoms with Crippen LogP contribution in [0.15, 0.2) is 0 Å². The van der Waals surface area contributed by atoms with Gasteiger partial charge in [-0.3, -0.25) is 0 Å². The van der Waals surface area contributed by atoms with Crippen LogP contribution in [0.5, 0.6) is 0 Å². The first-order valence-electron chi connectivity index (χ1n) is 6.30. The molecule has 1 amide bonds. The molecule has 6 heteroatoms. The van der Waals surface area contributed by atoms with Gasteiger partial charge in [0.25, 0.3) is 0 Å². The number of amides is 1. The fraction of sp³-hybridized carbons (Fsp3) is 0.846. The van der Waals surface area contributed by atoms with E-state index in [1.165, 1.54) is 7.11 Å². The number of ether oxygens (including phenoxy) is 3. The number of hydrogen-bond acceptors (Lipinski definition) is 5. The molecule has 0 aromatic carbocycles. The number of hydrogen-bond donors (Lipinski definition) is 1. The van der Waals surface area contributed by atoms with Gasteiger partial charge in [0.05, 0.1) is 25.9 Å². The molecule has 0 aliphatic carbocycles. The summed E-state index contributed by atoms with van der Waals surface area (Å²) >= 11 is 0. The second-order valence-electron chi connectivity index (χ2n) is 5.64. The molecule has 0 aromatic rings. The summed E-state index contributed by atoms with van der Waals surface area (Å²) < 4.78 is 15.0. The summed E-state index contributed by atoms with van der Waals surface area (Å²) in [6.07, 6.45) is -0.651. The third-order valence-electron chi connectivity index (χ3n) is 2.01. The lowest BCUT2D eigenvalue weighted by molar-refractivity contribution is -0.146. The van der Waals surface area contributed by atoms with E-state index in [4.69, 9.17) is 9.47 Å². The molecule has 0 fully saturated rings. The molecule has 112 valence electrons. The standard InChI is InChI=1S/C13H25NO5/c1-9(2)7-18-12(16)14-10(11(15)17-6)8-19-13(3,4)5/h9-10H,7-8H2,1-6H3,(H,14,16)/t10-/m1/s1. The van der Waals surface area contributed by atoms with Gasteiger partial charge in [-0.1, -0.05) is 13.8 Å². The Morgan fingerprint density at radius 2 is 1.74 bits per heavy atom. The van der Waals surface area contributed by atoms with E-state index < -0.39 is 23.7 Å². The average molecular weight is 275 g/mol. The number of carbonyl (C=O) groups excluding carboxylic acids is 2. The molecule has 19 heavy (non-hydrogen) atoms. The number of alkyl carbamates (subject to hydrolysis) is 1. The zero-order valence-electron chi connectivity index (χ0n) is 12.6. The maximum atomic E-state index is 11.5. The Kier molecular flexibility index (Phi) is 7.44. The van der Waals surface area contributed by atoms with Crippen molar-refractivity contribution in [1.29, 1.82) is 0 Å². The summed E-state index contributed by atoms with van der Waals surface area (Å²) in [5.74, 6) is -0.334. The Morgan fingerprint density at radius 1 is 1.16 bits per heavy atom. The van der Waals surface area contributed by atoms with Crippen molar-refractivity contribution in [2.75, 3.05) is 20.3 Å². The fourth-order valence-electron chi connectivity index (χ4n) is 1.07. The lowest BCUT2D eigenvalue weighted by atomic mass is 10.2. The zero-order valence-corrected chi connectivity index (χ0v) is 12.6. The van der Waals surface area contributed by atoms with Crippen LogP contribution in [-0.2, 0) is 19.0 Å². The van der Waals surface area contributed by atoms with Crippen LogP contribution in [0.1, 0.15) is 34.6 Å². The molecule has 0 saturated heterocycles. The highest BCUT2D eigenvalue weighted by atomic mass is 16.6. The van der Waals surface area contributed by atoms with Crippen molar-refractivity contribution in [3.63, 3.8) is 0 Å². The van der Waals surface area contributed by atoms with Crippen molar-refractivity contribution in [3.05, 3.63) is 0 Å². The van der Waals surface area contributed by atoms with Crippen LogP contribution in [0.2, 0.25) is 0 Å². The Labute approximate surface area is 114 Å². The molecule has 0 heterocycles. The molecular weight excluding hydrogens is 250 g/mol. The number of esters is 1. The van der Waals surface area contributed by atoms with Crippen LogP contribution < -0.4 is 5.32 Å². The first kappa shape index (κ1) is 17.7. The lowest BCUT2D eigenvalue weighted by Crippen LogP contribution is -2.46. The van der Waals surface area contributed by atoms with Crippen LogP contribution in [0, 0.1) is 5.92 Å². The van der Waals surface area contributed by atoms with Crippen LogP contribution in [0.4, 0.5) is 4.79 Å². The van der Waals surface area contributed by atoms with E-state index in [1.807, 2.05) is 34.6 Å².